The van der Waals surface area contributed by atoms with E-state index in [2.05, 4.69) is 15.3 Å². The number of rotatable bonds is 5. The molecule has 1 saturated heterocycles. The molecule has 0 aliphatic carbocycles. The number of hydrogen-bond donors (Lipinski definition) is 2. The third-order valence-corrected chi connectivity index (χ3v) is 4.63. The van der Waals surface area contributed by atoms with E-state index < -0.39 is 0 Å². The minimum Gasteiger partial charge on any atom is -0.350 e. The van der Waals surface area contributed by atoms with Crippen LogP contribution in [0.15, 0.2) is 48.5 Å². The molecule has 1 fully saturated rings. The summed E-state index contributed by atoms with van der Waals surface area (Å²) in [6, 6.07) is 15.2. The van der Waals surface area contributed by atoms with Gasteiger partial charge in [0, 0.05) is 37.2 Å². The molecule has 0 bridgehead atoms. The van der Waals surface area contributed by atoms with E-state index >= 15 is 0 Å². The molecule has 6 heteroatoms. The number of fused-ring (bicyclic) bond motifs is 1. The van der Waals surface area contributed by atoms with Crippen molar-refractivity contribution in [3.05, 3.63) is 54.1 Å². The number of aromatic amines is 1. The van der Waals surface area contributed by atoms with Crippen LogP contribution in [0, 0.1) is 0 Å². The summed E-state index contributed by atoms with van der Waals surface area (Å²) in [6.45, 7) is 1.81. The molecule has 2 N–H and O–H groups in total. The largest absolute Gasteiger partial charge is 0.350 e. The summed E-state index contributed by atoms with van der Waals surface area (Å²) in [4.78, 5) is 33.7. The van der Waals surface area contributed by atoms with Crippen LogP contribution in [0.3, 0.4) is 0 Å². The van der Waals surface area contributed by atoms with Gasteiger partial charge >= 0.3 is 0 Å². The molecule has 0 saturated carbocycles. The molecule has 0 spiro atoms. The number of hydrogen-bond acceptors (Lipinski definition) is 3. The molecule has 4 rings (SSSR count). The predicted octanol–water partition coefficient (Wildman–Crippen LogP) is 2.58. The first-order valence-corrected chi connectivity index (χ1v) is 8.82. The van der Waals surface area contributed by atoms with Crippen molar-refractivity contribution in [1.82, 2.24) is 20.2 Å². The zero-order valence-electron chi connectivity index (χ0n) is 14.4. The highest BCUT2D eigenvalue weighted by Crippen LogP contribution is 2.21. The number of nitrogens with zero attached hydrogens (tertiary/aromatic N) is 2. The highest BCUT2D eigenvalue weighted by atomic mass is 16.2. The van der Waals surface area contributed by atoms with Crippen LogP contribution in [0.5, 0.6) is 0 Å². The second kappa shape index (κ2) is 7.00. The fourth-order valence-electron chi connectivity index (χ4n) is 3.24. The first-order valence-electron chi connectivity index (χ1n) is 8.82. The summed E-state index contributed by atoms with van der Waals surface area (Å²) in [7, 11) is 0. The molecule has 0 radical (unpaired) electrons. The normalized spacial score (nSPS) is 14.2. The zero-order chi connectivity index (χ0) is 17.9. The Morgan fingerprint density at radius 3 is 2.88 bits per heavy atom. The Morgan fingerprint density at radius 2 is 2.08 bits per heavy atom. The van der Waals surface area contributed by atoms with Gasteiger partial charge in [-0.25, -0.2) is 4.98 Å². The SMILES string of the molecule is O=C(NCCN1CCCC1=O)c1cccc(-c2nc3ccccc3[nH]2)c1. The van der Waals surface area contributed by atoms with E-state index in [1.54, 1.807) is 11.0 Å². The molecule has 1 aromatic heterocycles. The second-order valence-corrected chi connectivity index (χ2v) is 6.42. The number of likely N-dealkylation sites (tertiary alicyclic amines) is 1. The fourth-order valence-corrected chi connectivity index (χ4v) is 3.24. The van der Waals surface area contributed by atoms with Gasteiger partial charge in [-0.05, 0) is 30.7 Å². The summed E-state index contributed by atoms with van der Waals surface area (Å²) >= 11 is 0. The molecule has 3 aromatic rings. The van der Waals surface area contributed by atoms with Crippen LogP contribution in [-0.4, -0.2) is 46.3 Å². The van der Waals surface area contributed by atoms with E-state index in [0.717, 1.165) is 35.4 Å². The highest BCUT2D eigenvalue weighted by Gasteiger charge is 2.19. The zero-order valence-corrected chi connectivity index (χ0v) is 14.4. The molecule has 26 heavy (non-hydrogen) atoms. The van der Waals surface area contributed by atoms with Gasteiger partial charge in [-0.1, -0.05) is 24.3 Å². The van der Waals surface area contributed by atoms with Crippen LogP contribution in [0.1, 0.15) is 23.2 Å². The van der Waals surface area contributed by atoms with Gasteiger partial charge in [0.1, 0.15) is 5.82 Å². The maximum atomic E-state index is 12.4. The van der Waals surface area contributed by atoms with Crippen molar-refractivity contribution in [2.45, 2.75) is 12.8 Å². The average molecular weight is 348 g/mol. The number of nitrogens with one attached hydrogen (secondary N) is 2. The Labute approximate surface area is 151 Å². The molecule has 2 amide bonds. The van der Waals surface area contributed by atoms with Crippen molar-refractivity contribution >= 4 is 22.8 Å². The van der Waals surface area contributed by atoms with Crippen molar-refractivity contribution in [3.63, 3.8) is 0 Å². The maximum absolute atomic E-state index is 12.4. The highest BCUT2D eigenvalue weighted by molar-refractivity contribution is 5.95. The summed E-state index contributed by atoms with van der Waals surface area (Å²) in [5.41, 5.74) is 3.31. The van der Waals surface area contributed by atoms with Crippen molar-refractivity contribution in [2.75, 3.05) is 19.6 Å². The first-order chi connectivity index (χ1) is 12.7. The lowest BCUT2D eigenvalue weighted by Gasteiger charge is -2.15. The molecule has 1 aliphatic heterocycles. The number of para-hydroxylation sites is 2. The molecule has 132 valence electrons. The molecular formula is C20H20N4O2. The van der Waals surface area contributed by atoms with Crippen LogP contribution >= 0.6 is 0 Å². The number of aromatic nitrogens is 2. The van der Waals surface area contributed by atoms with Crippen molar-refractivity contribution in [1.29, 1.82) is 0 Å². The Hall–Kier alpha value is -3.15. The quantitative estimate of drug-likeness (QED) is 0.744. The number of amides is 2. The van der Waals surface area contributed by atoms with Gasteiger partial charge in [0.15, 0.2) is 0 Å². The maximum Gasteiger partial charge on any atom is 0.251 e. The number of benzene rings is 2. The number of imidazole rings is 1. The van der Waals surface area contributed by atoms with Crippen LogP contribution in [-0.2, 0) is 4.79 Å². The van der Waals surface area contributed by atoms with Crippen molar-refractivity contribution in [3.8, 4) is 11.4 Å². The Morgan fingerprint density at radius 1 is 1.19 bits per heavy atom. The lowest BCUT2D eigenvalue weighted by atomic mass is 10.1. The monoisotopic (exact) mass is 348 g/mol. The summed E-state index contributed by atoms with van der Waals surface area (Å²) < 4.78 is 0. The number of carbonyl (C=O) groups is 2. The average Bonchev–Trinajstić information content (AvgIpc) is 3.28. The molecule has 2 aromatic carbocycles. The molecule has 0 unspecified atom stereocenters. The Balaban J connectivity index is 1.44. The minimum absolute atomic E-state index is 0.144. The van der Waals surface area contributed by atoms with E-state index in [0.29, 0.717) is 25.1 Å². The van der Waals surface area contributed by atoms with Gasteiger partial charge in [-0.15, -0.1) is 0 Å². The van der Waals surface area contributed by atoms with Gasteiger partial charge in [0.25, 0.3) is 5.91 Å². The Kier molecular flexibility index (Phi) is 4.39. The Bertz CT molecular complexity index is 930. The lowest BCUT2D eigenvalue weighted by molar-refractivity contribution is -0.127. The van der Waals surface area contributed by atoms with Gasteiger partial charge in [-0.3, -0.25) is 9.59 Å². The molecule has 2 heterocycles. The third kappa shape index (κ3) is 3.31. The van der Waals surface area contributed by atoms with Crippen LogP contribution < -0.4 is 5.32 Å². The number of carbonyl (C=O) groups excluding carboxylic acids is 2. The molecule has 1 aliphatic rings. The van der Waals surface area contributed by atoms with Gasteiger partial charge in [0.05, 0.1) is 11.0 Å². The van der Waals surface area contributed by atoms with E-state index in [4.69, 9.17) is 0 Å². The third-order valence-electron chi connectivity index (χ3n) is 4.63. The van der Waals surface area contributed by atoms with Crippen molar-refractivity contribution in [2.24, 2.45) is 0 Å². The topological polar surface area (TPSA) is 78.1 Å². The van der Waals surface area contributed by atoms with Crippen LogP contribution in [0.2, 0.25) is 0 Å². The van der Waals surface area contributed by atoms with E-state index in [1.807, 2.05) is 42.5 Å². The molecular weight excluding hydrogens is 328 g/mol. The van der Waals surface area contributed by atoms with Gasteiger partial charge in [-0.2, -0.15) is 0 Å². The lowest BCUT2D eigenvalue weighted by Crippen LogP contribution is -2.35. The summed E-state index contributed by atoms with van der Waals surface area (Å²) in [5.74, 6) is 0.768. The van der Waals surface area contributed by atoms with E-state index in [-0.39, 0.29) is 11.8 Å². The van der Waals surface area contributed by atoms with Crippen LogP contribution in [0.4, 0.5) is 0 Å². The smallest absolute Gasteiger partial charge is 0.251 e. The fraction of sp³-hybridized carbons (Fsp3) is 0.250. The number of H-pyrrole nitrogens is 1. The minimum atomic E-state index is -0.144. The standard InChI is InChI=1S/C20H20N4O2/c25-18-9-4-11-24(18)12-10-21-20(26)15-6-3-5-14(13-15)19-22-16-7-1-2-8-17(16)23-19/h1-3,5-8,13H,4,9-12H2,(H,21,26)(H,22,23). The summed E-state index contributed by atoms with van der Waals surface area (Å²) in [6.07, 6.45) is 1.53. The predicted molar refractivity (Wildman–Crippen MR) is 99.7 cm³/mol. The summed E-state index contributed by atoms with van der Waals surface area (Å²) in [5, 5.41) is 2.89. The van der Waals surface area contributed by atoms with E-state index in [9.17, 15) is 9.59 Å². The van der Waals surface area contributed by atoms with Crippen molar-refractivity contribution < 1.29 is 9.59 Å². The molecule has 6 nitrogen and oxygen atoms in total. The van der Waals surface area contributed by atoms with Gasteiger partial charge < -0.3 is 15.2 Å². The van der Waals surface area contributed by atoms with Gasteiger partial charge in [0.2, 0.25) is 5.91 Å². The van der Waals surface area contributed by atoms with Crippen LogP contribution in [0.25, 0.3) is 22.4 Å². The first kappa shape index (κ1) is 16.3. The van der Waals surface area contributed by atoms with E-state index in [1.165, 1.54) is 0 Å². The second-order valence-electron chi connectivity index (χ2n) is 6.42. The molecule has 0 atom stereocenters.